The van der Waals surface area contributed by atoms with Crippen LogP contribution in [0.25, 0.3) is 0 Å². The first-order valence-electron chi connectivity index (χ1n) is 4.14. The second-order valence-corrected chi connectivity index (χ2v) is 16.1. The maximum Gasteiger partial charge on any atom is 0.421 e. The summed E-state index contributed by atoms with van der Waals surface area (Å²) in [6.07, 6.45) is 0. The summed E-state index contributed by atoms with van der Waals surface area (Å²) in [6.45, 7) is 13.7. The molecule has 0 rings (SSSR count). The van der Waals surface area contributed by atoms with Crippen molar-refractivity contribution in [2.75, 3.05) is 0 Å². The smallest absolute Gasteiger partial charge is 0.360 e. The van der Waals surface area contributed by atoms with Crippen molar-refractivity contribution in [2.24, 2.45) is 0 Å². The quantitative estimate of drug-likeness (QED) is 0.685. The van der Waals surface area contributed by atoms with E-state index in [0.717, 1.165) is 0 Å². The molecule has 0 radical (unpaired) electrons. The van der Waals surface area contributed by atoms with Gasteiger partial charge in [-0.2, -0.15) is 22.9 Å². The van der Waals surface area contributed by atoms with Gasteiger partial charge in [0.2, 0.25) is 0 Å². The molecule has 0 spiro atoms. The predicted octanol–water partition coefficient (Wildman–Crippen LogP) is 3.42. The average molecular weight is 242 g/mol. The number of rotatable bonds is 3. The van der Waals surface area contributed by atoms with Gasteiger partial charge >= 0.3 is 5.68 Å². The molecule has 72 valence electrons. The lowest BCUT2D eigenvalue weighted by atomic mass is 10.4. The van der Waals surface area contributed by atoms with Crippen LogP contribution in [-0.4, -0.2) is 26.3 Å². The molecule has 1 nitrogen and oxygen atoms in total. The average Bonchev–Trinajstić information content (AvgIpc) is 1.49. The third-order valence-electron chi connectivity index (χ3n) is 1.64. The van der Waals surface area contributed by atoms with Gasteiger partial charge in [0.05, 0.1) is 0 Å². The van der Waals surface area contributed by atoms with Crippen LogP contribution in [0.4, 0.5) is 0 Å². The van der Waals surface area contributed by atoms with Crippen LogP contribution in [0.15, 0.2) is 0 Å². The first-order valence-corrected chi connectivity index (χ1v) is 11.9. The molecule has 0 atom stereocenters. The third kappa shape index (κ3) is 3.83. The Labute approximate surface area is 88.5 Å². The van der Waals surface area contributed by atoms with Crippen molar-refractivity contribution in [2.45, 2.75) is 39.3 Å². The van der Waals surface area contributed by atoms with E-state index in [2.05, 4.69) is 43.4 Å². The molecule has 0 amide bonds. The molecule has 0 aliphatic rings. The second-order valence-electron chi connectivity index (χ2n) is 4.99. The van der Waals surface area contributed by atoms with Crippen LogP contribution < -0.4 is 0 Å². The lowest BCUT2D eigenvalue weighted by Crippen LogP contribution is -2.62. The predicted molar refractivity (Wildman–Crippen MR) is 66.0 cm³/mol. The van der Waals surface area contributed by atoms with Gasteiger partial charge in [0.25, 0.3) is 0 Å². The van der Waals surface area contributed by atoms with E-state index < -0.39 is 16.5 Å². The van der Waals surface area contributed by atoms with Crippen LogP contribution in [0.2, 0.25) is 39.3 Å². The summed E-state index contributed by atoms with van der Waals surface area (Å²) >= 11 is 11.9. The first-order chi connectivity index (χ1) is 5.07. The molecule has 0 unspecified atom stereocenters. The van der Waals surface area contributed by atoms with Crippen molar-refractivity contribution in [1.29, 1.82) is 0 Å². The Hall–Kier alpha value is 1.04. The summed E-state index contributed by atoms with van der Waals surface area (Å²) < 4.78 is 2.35. The summed E-state index contributed by atoms with van der Waals surface area (Å²) in [5.74, 6) is 0. The molecule has 0 aromatic heterocycles. The summed E-state index contributed by atoms with van der Waals surface area (Å²) in [4.78, 5) is 0. The minimum absolute atomic E-state index is 0.330. The summed E-state index contributed by atoms with van der Waals surface area (Å²) in [6, 6.07) is 0. The Balaban J connectivity index is 4.70. The Morgan fingerprint density at radius 2 is 1.08 bits per heavy atom. The SMILES string of the molecule is C[Si](C)(C)N(B(Cl)Cl)[Si](C)(C)C. The van der Waals surface area contributed by atoms with Crippen LogP contribution in [0.5, 0.6) is 0 Å². The molecule has 0 bridgehead atoms. The largest absolute Gasteiger partial charge is 0.421 e. The topological polar surface area (TPSA) is 3.24 Å². The second kappa shape index (κ2) is 4.05. The first kappa shape index (κ1) is 13.0. The van der Waals surface area contributed by atoms with E-state index in [1.54, 1.807) is 0 Å². The van der Waals surface area contributed by atoms with Gasteiger partial charge in [-0.1, -0.05) is 39.3 Å². The van der Waals surface area contributed by atoms with Crippen molar-refractivity contribution in [3.05, 3.63) is 0 Å². The van der Waals surface area contributed by atoms with Gasteiger partial charge in [-0.15, -0.1) is 0 Å². The Bertz CT molecular complexity index is 139. The van der Waals surface area contributed by atoms with Gasteiger partial charge in [0.15, 0.2) is 0 Å². The van der Waals surface area contributed by atoms with Crippen molar-refractivity contribution in [1.82, 2.24) is 4.14 Å². The molecule has 0 saturated carbocycles. The fourth-order valence-electron chi connectivity index (χ4n) is 1.59. The normalized spacial score (nSPS) is 13.8. The molecule has 0 aliphatic carbocycles. The monoisotopic (exact) mass is 241 g/mol. The van der Waals surface area contributed by atoms with Gasteiger partial charge in [-0.05, 0) is 0 Å². The van der Waals surface area contributed by atoms with E-state index in [4.69, 9.17) is 22.9 Å². The van der Waals surface area contributed by atoms with Gasteiger partial charge < -0.3 is 4.14 Å². The maximum absolute atomic E-state index is 5.97. The van der Waals surface area contributed by atoms with Gasteiger partial charge in [0, 0.05) is 0 Å². The Morgan fingerprint density at radius 1 is 0.833 bits per heavy atom. The maximum atomic E-state index is 5.97. The van der Waals surface area contributed by atoms with Gasteiger partial charge in [-0.25, -0.2) is 0 Å². The standard InChI is InChI=1S/C6H18BCl2NSi2/c1-11(2,3)10(7(8)9)12(4,5)6/h1-6H3. The number of halogens is 2. The molecule has 0 aliphatic heterocycles. The highest BCUT2D eigenvalue weighted by molar-refractivity contribution is 7.37. The third-order valence-corrected chi connectivity index (χ3v) is 10.1. The van der Waals surface area contributed by atoms with Crippen molar-refractivity contribution in [3.63, 3.8) is 0 Å². The molecule has 0 fully saturated rings. The van der Waals surface area contributed by atoms with E-state index in [9.17, 15) is 0 Å². The van der Waals surface area contributed by atoms with Crippen LogP contribution in [0.1, 0.15) is 0 Å². The highest BCUT2D eigenvalue weighted by Crippen LogP contribution is 2.24. The Kier molecular flexibility index (Phi) is 4.40. The summed E-state index contributed by atoms with van der Waals surface area (Å²) in [5, 5.41) is 0. The molecular formula is C6H18BCl2NSi2. The molecule has 0 saturated heterocycles. The van der Waals surface area contributed by atoms with Crippen molar-refractivity contribution < 1.29 is 0 Å². The molecule has 0 aromatic carbocycles. The fourth-order valence-corrected chi connectivity index (χ4v) is 14.3. The van der Waals surface area contributed by atoms with E-state index >= 15 is 0 Å². The molecule has 0 aromatic rings. The number of hydrogen-bond acceptors (Lipinski definition) is 1. The fraction of sp³-hybridized carbons (Fsp3) is 1.00. The summed E-state index contributed by atoms with van der Waals surface area (Å²) in [5.41, 5.74) is -0.330. The van der Waals surface area contributed by atoms with Crippen LogP contribution in [0, 0.1) is 0 Å². The zero-order valence-electron chi connectivity index (χ0n) is 8.78. The van der Waals surface area contributed by atoms with E-state index in [1.165, 1.54) is 0 Å². The van der Waals surface area contributed by atoms with Crippen molar-refractivity contribution >= 4 is 45.1 Å². The van der Waals surface area contributed by atoms with Gasteiger partial charge in [0.1, 0.15) is 16.5 Å². The lowest BCUT2D eigenvalue weighted by Gasteiger charge is -2.43. The summed E-state index contributed by atoms with van der Waals surface area (Å²) in [7, 11) is -2.71. The van der Waals surface area contributed by atoms with Gasteiger partial charge in [-0.3, -0.25) is 0 Å². The van der Waals surface area contributed by atoms with E-state index in [0.29, 0.717) is 0 Å². The number of hydrogen-bond donors (Lipinski definition) is 0. The zero-order valence-corrected chi connectivity index (χ0v) is 12.3. The van der Waals surface area contributed by atoms with Crippen molar-refractivity contribution in [3.8, 4) is 0 Å². The lowest BCUT2D eigenvalue weighted by molar-refractivity contribution is 0.961. The highest BCUT2D eigenvalue weighted by Gasteiger charge is 2.39. The van der Waals surface area contributed by atoms with Crippen LogP contribution in [-0.2, 0) is 0 Å². The van der Waals surface area contributed by atoms with Crippen LogP contribution >= 0.6 is 22.9 Å². The zero-order chi connectivity index (χ0) is 10.2. The molecule has 0 heterocycles. The molecule has 6 heteroatoms. The van der Waals surface area contributed by atoms with E-state index in [1.807, 2.05) is 0 Å². The number of nitrogens with zero attached hydrogens (tertiary/aromatic N) is 1. The molecule has 0 N–H and O–H groups in total. The Morgan fingerprint density at radius 3 is 1.08 bits per heavy atom. The molecular weight excluding hydrogens is 224 g/mol. The minimum Gasteiger partial charge on any atom is -0.360 e. The highest BCUT2D eigenvalue weighted by atomic mass is 35.5. The minimum atomic E-state index is -1.35. The molecule has 12 heavy (non-hydrogen) atoms. The van der Waals surface area contributed by atoms with E-state index in [-0.39, 0.29) is 5.68 Å². The van der Waals surface area contributed by atoms with Crippen LogP contribution in [0.3, 0.4) is 0 Å².